The Bertz CT molecular complexity index is 845. The lowest BCUT2D eigenvalue weighted by Crippen LogP contribution is -2.62. The number of rotatable bonds is 3. The van der Waals surface area contributed by atoms with Crippen molar-refractivity contribution in [2.24, 2.45) is 34.5 Å². The molecule has 0 spiro atoms. The topological polar surface area (TPSA) is 101 Å². The lowest BCUT2D eigenvalue weighted by Gasteiger charge is -2.60. The minimum absolute atomic E-state index is 0.0896. The second-order valence-electron chi connectivity index (χ2n) is 11.3. The number of ether oxygens (including phenoxy) is 1. The van der Waals surface area contributed by atoms with Crippen LogP contribution in [-0.4, -0.2) is 45.6 Å². The van der Waals surface area contributed by atoms with E-state index in [4.69, 9.17) is 4.74 Å². The summed E-state index contributed by atoms with van der Waals surface area (Å²) in [6.45, 7) is 9.01. The Kier molecular flexibility index (Phi) is 5.29. The molecule has 8 atom stereocenters. The van der Waals surface area contributed by atoms with Gasteiger partial charge in [0.25, 0.3) is 0 Å². The Labute approximate surface area is 184 Å². The number of fused-ring (bicyclic) bond motifs is 5. The van der Waals surface area contributed by atoms with Gasteiger partial charge in [0.2, 0.25) is 0 Å². The molecule has 0 aromatic carbocycles. The fraction of sp³-hybridized carbons (Fsp3) is 0.800. The van der Waals surface area contributed by atoms with Crippen LogP contribution in [0.25, 0.3) is 0 Å². The van der Waals surface area contributed by atoms with Crippen LogP contribution in [0.15, 0.2) is 11.6 Å². The van der Waals surface area contributed by atoms with Crippen molar-refractivity contribution in [3.8, 4) is 0 Å². The van der Waals surface area contributed by atoms with Gasteiger partial charge in [-0.2, -0.15) is 0 Å². The molecule has 0 heterocycles. The Balaban J connectivity index is 1.68. The fourth-order valence-corrected chi connectivity index (χ4v) is 7.69. The fourth-order valence-electron chi connectivity index (χ4n) is 7.69. The zero-order chi connectivity index (χ0) is 22.9. The van der Waals surface area contributed by atoms with E-state index in [1.54, 1.807) is 19.9 Å². The van der Waals surface area contributed by atoms with Crippen molar-refractivity contribution in [1.29, 1.82) is 0 Å². The minimum Gasteiger partial charge on any atom is -0.454 e. The Hall–Kier alpha value is -1.53. The van der Waals surface area contributed by atoms with E-state index in [1.165, 1.54) is 6.92 Å². The minimum atomic E-state index is -1.39. The van der Waals surface area contributed by atoms with Crippen molar-refractivity contribution in [3.05, 3.63) is 11.6 Å². The van der Waals surface area contributed by atoms with Crippen LogP contribution in [0.1, 0.15) is 73.1 Å². The molecule has 0 aromatic rings. The van der Waals surface area contributed by atoms with Crippen molar-refractivity contribution in [3.63, 3.8) is 0 Å². The first-order valence-corrected chi connectivity index (χ1v) is 11.7. The van der Waals surface area contributed by atoms with Crippen LogP contribution in [0.4, 0.5) is 0 Å². The van der Waals surface area contributed by atoms with E-state index in [0.29, 0.717) is 19.3 Å². The van der Waals surface area contributed by atoms with Gasteiger partial charge in [0.1, 0.15) is 5.60 Å². The summed E-state index contributed by atoms with van der Waals surface area (Å²) < 4.78 is 5.57. The van der Waals surface area contributed by atoms with Crippen molar-refractivity contribution >= 4 is 17.5 Å². The summed E-state index contributed by atoms with van der Waals surface area (Å²) in [5.74, 6) is -0.870. The number of Topliss-reactive ketones (excluding diaryl/α,β-unsaturated/α-hetero) is 1. The quantitative estimate of drug-likeness (QED) is 0.665. The SMILES string of the molecule is CC(=O)[C@@]1(O)CC[C@H]2[C@@H]3CCC4=CC(=O)C(OC(=O)C(C)C)C[C@]4(C)[C@H]3[C@@H](O)C[C@@]21C. The van der Waals surface area contributed by atoms with Crippen LogP contribution >= 0.6 is 0 Å². The molecule has 2 N–H and O–H groups in total. The molecule has 0 radical (unpaired) electrons. The summed E-state index contributed by atoms with van der Waals surface area (Å²) >= 11 is 0. The number of aliphatic hydroxyl groups excluding tert-OH is 1. The van der Waals surface area contributed by atoms with E-state index in [9.17, 15) is 24.6 Å². The van der Waals surface area contributed by atoms with Crippen LogP contribution in [-0.2, 0) is 19.1 Å². The van der Waals surface area contributed by atoms with E-state index in [1.807, 2.05) is 6.92 Å². The van der Waals surface area contributed by atoms with Gasteiger partial charge in [-0.05, 0) is 68.3 Å². The molecule has 6 heteroatoms. The van der Waals surface area contributed by atoms with E-state index in [-0.39, 0.29) is 41.2 Å². The van der Waals surface area contributed by atoms with E-state index in [0.717, 1.165) is 24.8 Å². The van der Waals surface area contributed by atoms with Gasteiger partial charge in [-0.1, -0.05) is 33.3 Å². The molecule has 0 aliphatic heterocycles. The summed E-state index contributed by atoms with van der Waals surface area (Å²) in [7, 11) is 0. The molecule has 172 valence electrons. The number of esters is 1. The summed E-state index contributed by atoms with van der Waals surface area (Å²) in [5.41, 5.74) is -1.45. The predicted molar refractivity (Wildman–Crippen MR) is 114 cm³/mol. The van der Waals surface area contributed by atoms with Crippen molar-refractivity contribution < 1.29 is 29.3 Å². The standard InChI is InChI=1S/C25H36O6/c1-13(2)22(29)31-20-12-23(4)15(10-18(20)27)6-7-16-17-8-9-25(30,14(3)26)24(17,5)11-19(28)21(16)23/h10,13,16-17,19-21,28,30H,6-9,11-12H2,1-5H3/t16-,17-,19-,20?,21+,23-,24-,25-/m0/s1. The normalized spacial score (nSPS) is 46.6. The monoisotopic (exact) mass is 432 g/mol. The van der Waals surface area contributed by atoms with Gasteiger partial charge in [0.15, 0.2) is 17.7 Å². The molecule has 6 nitrogen and oxygen atoms in total. The summed E-state index contributed by atoms with van der Waals surface area (Å²) in [5, 5.41) is 22.7. The summed E-state index contributed by atoms with van der Waals surface area (Å²) in [6, 6.07) is 0. The first-order chi connectivity index (χ1) is 14.3. The molecule has 0 bridgehead atoms. The molecular formula is C25H36O6. The Morgan fingerprint density at radius 2 is 1.87 bits per heavy atom. The van der Waals surface area contributed by atoms with Gasteiger partial charge >= 0.3 is 5.97 Å². The molecule has 0 saturated heterocycles. The Morgan fingerprint density at radius 3 is 2.48 bits per heavy atom. The maximum absolute atomic E-state index is 12.7. The number of aliphatic hydroxyl groups is 2. The molecule has 4 rings (SSSR count). The van der Waals surface area contributed by atoms with Crippen LogP contribution in [0.5, 0.6) is 0 Å². The third-order valence-corrected chi connectivity index (χ3v) is 9.38. The molecule has 0 amide bonds. The first-order valence-electron chi connectivity index (χ1n) is 11.7. The zero-order valence-corrected chi connectivity index (χ0v) is 19.3. The first kappa shape index (κ1) is 22.7. The van der Waals surface area contributed by atoms with Crippen molar-refractivity contribution in [1.82, 2.24) is 0 Å². The number of allylic oxidation sites excluding steroid dienone is 1. The van der Waals surface area contributed by atoms with Gasteiger partial charge in [0.05, 0.1) is 12.0 Å². The molecule has 3 fully saturated rings. The Morgan fingerprint density at radius 1 is 1.19 bits per heavy atom. The zero-order valence-electron chi connectivity index (χ0n) is 19.3. The van der Waals surface area contributed by atoms with Crippen LogP contribution in [0.2, 0.25) is 0 Å². The number of carbonyl (C=O) groups is 3. The molecular weight excluding hydrogens is 396 g/mol. The molecule has 4 aliphatic carbocycles. The van der Waals surface area contributed by atoms with Crippen LogP contribution in [0, 0.1) is 34.5 Å². The van der Waals surface area contributed by atoms with Gasteiger partial charge in [-0.25, -0.2) is 0 Å². The highest BCUT2D eigenvalue weighted by Crippen LogP contribution is 2.67. The van der Waals surface area contributed by atoms with E-state index >= 15 is 0 Å². The highest BCUT2D eigenvalue weighted by atomic mass is 16.5. The van der Waals surface area contributed by atoms with Gasteiger partial charge in [-0.3, -0.25) is 14.4 Å². The lowest BCUT2D eigenvalue weighted by molar-refractivity contribution is -0.183. The molecule has 31 heavy (non-hydrogen) atoms. The smallest absolute Gasteiger partial charge is 0.309 e. The number of hydrogen-bond acceptors (Lipinski definition) is 6. The number of carbonyl (C=O) groups excluding carboxylic acids is 3. The lowest BCUT2D eigenvalue weighted by atomic mass is 9.45. The summed E-state index contributed by atoms with van der Waals surface area (Å²) in [4.78, 5) is 37.3. The van der Waals surface area contributed by atoms with E-state index in [2.05, 4.69) is 6.92 Å². The average Bonchev–Trinajstić information content (AvgIpc) is 2.94. The van der Waals surface area contributed by atoms with Gasteiger partial charge < -0.3 is 14.9 Å². The molecule has 1 unspecified atom stereocenters. The molecule has 3 saturated carbocycles. The highest BCUT2D eigenvalue weighted by Gasteiger charge is 2.68. The predicted octanol–water partition coefficient (Wildman–Crippen LogP) is 2.99. The third kappa shape index (κ3) is 3.08. The second-order valence-corrected chi connectivity index (χ2v) is 11.3. The maximum atomic E-state index is 12.7. The number of hydrogen-bond donors (Lipinski definition) is 2. The van der Waals surface area contributed by atoms with Crippen molar-refractivity contribution in [2.45, 2.75) is 91.0 Å². The van der Waals surface area contributed by atoms with Crippen LogP contribution in [0.3, 0.4) is 0 Å². The van der Waals surface area contributed by atoms with Gasteiger partial charge in [0, 0.05) is 11.8 Å². The molecule has 4 aliphatic rings. The van der Waals surface area contributed by atoms with Gasteiger partial charge in [-0.15, -0.1) is 0 Å². The maximum Gasteiger partial charge on any atom is 0.309 e. The molecule has 0 aromatic heterocycles. The summed E-state index contributed by atoms with van der Waals surface area (Å²) in [6.07, 6.45) is 3.68. The largest absolute Gasteiger partial charge is 0.454 e. The van der Waals surface area contributed by atoms with Crippen molar-refractivity contribution in [2.75, 3.05) is 0 Å². The third-order valence-electron chi connectivity index (χ3n) is 9.38. The average molecular weight is 433 g/mol. The van der Waals surface area contributed by atoms with Crippen LogP contribution < -0.4 is 0 Å². The number of ketones is 2. The van der Waals surface area contributed by atoms with E-state index < -0.39 is 28.6 Å². The second kappa shape index (κ2) is 7.24. The highest BCUT2D eigenvalue weighted by molar-refractivity contribution is 5.97.